The Balaban J connectivity index is 1.64. The number of likely N-dealkylation sites (N-methyl/N-ethyl adjacent to an activating group) is 1. The number of hydrogen-bond acceptors (Lipinski definition) is 6. The summed E-state index contributed by atoms with van der Waals surface area (Å²) >= 11 is 1.87. The smallest absolute Gasteiger partial charge is 0.226 e. The molecule has 0 bridgehead atoms. The lowest BCUT2D eigenvalue weighted by molar-refractivity contribution is 0.328. The van der Waals surface area contributed by atoms with Crippen molar-refractivity contribution in [2.75, 3.05) is 44.0 Å². The Labute approximate surface area is 142 Å². The van der Waals surface area contributed by atoms with Crippen molar-refractivity contribution < 1.29 is 0 Å². The average molecular weight is 331 g/mol. The average Bonchev–Trinajstić information content (AvgIpc) is 3.17. The van der Waals surface area contributed by atoms with Gasteiger partial charge in [-0.2, -0.15) is 4.98 Å². The molecule has 124 valence electrons. The number of aromatic nitrogens is 2. The summed E-state index contributed by atoms with van der Waals surface area (Å²) < 4.78 is 0. The highest BCUT2D eigenvalue weighted by molar-refractivity contribution is 7.10. The van der Waals surface area contributed by atoms with Crippen LogP contribution < -0.4 is 9.80 Å². The third-order valence-corrected chi connectivity index (χ3v) is 5.53. The largest absolute Gasteiger partial charge is 0.355 e. The molecule has 2 aromatic heterocycles. The molecule has 0 radical (unpaired) electrons. The number of anilines is 2. The second kappa shape index (κ2) is 6.84. The Hall–Kier alpha value is -1.66. The zero-order valence-electron chi connectivity index (χ0n) is 14.4. The molecule has 0 spiro atoms. The molecule has 1 saturated heterocycles. The summed E-state index contributed by atoms with van der Waals surface area (Å²) in [5.41, 5.74) is 1.42. The Morgan fingerprint density at radius 2 is 2.13 bits per heavy atom. The number of rotatable bonds is 5. The van der Waals surface area contributed by atoms with Crippen LogP contribution in [0.25, 0.3) is 0 Å². The van der Waals surface area contributed by atoms with E-state index < -0.39 is 0 Å². The van der Waals surface area contributed by atoms with Crippen molar-refractivity contribution in [2.45, 2.75) is 25.9 Å². The van der Waals surface area contributed by atoms with E-state index in [1.54, 1.807) is 0 Å². The maximum absolute atomic E-state index is 4.66. The highest BCUT2D eigenvalue weighted by atomic mass is 32.1. The van der Waals surface area contributed by atoms with E-state index in [9.17, 15) is 0 Å². The third kappa shape index (κ3) is 3.64. The van der Waals surface area contributed by atoms with E-state index in [0.717, 1.165) is 31.4 Å². The first-order valence-corrected chi connectivity index (χ1v) is 8.91. The molecule has 1 unspecified atom stereocenters. The first kappa shape index (κ1) is 16.2. The van der Waals surface area contributed by atoms with Crippen LogP contribution in [0.1, 0.15) is 16.9 Å². The molecular weight excluding hydrogens is 306 g/mol. The summed E-state index contributed by atoms with van der Waals surface area (Å²) in [5.74, 6) is 1.77. The molecule has 1 fully saturated rings. The molecule has 0 saturated carbocycles. The van der Waals surface area contributed by atoms with Crippen LogP contribution in [0.2, 0.25) is 0 Å². The van der Waals surface area contributed by atoms with Gasteiger partial charge >= 0.3 is 0 Å². The second-order valence-corrected chi connectivity index (χ2v) is 7.43. The fraction of sp³-hybridized carbons (Fsp3) is 0.529. The highest BCUT2D eigenvalue weighted by Crippen LogP contribution is 2.24. The standard InChI is InChI=1S/C17H25N5S/c1-13-7-10-23-15(13)12-22-9-6-14(11-22)21(4)16-5-8-18-17(19-16)20(2)3/h5,7-8,10,14H,6,9,11-12H2,1-4H3. The van der Waals surface area contributed by atoms with Gasteiger partial charge in [-0.05, 0) is 36.4 Å². The van der Waals surface area contributed by atoms with E-state index >= 15 is 0 Å². The fourth-order valence-electron chi connectivity index (χ4n) is 2.98. The van der Waals surface area contributed by atoms with Gasteiger partial charge in [0.1, 0.15) is 5.82 Å². The van der Waals surface area contributed by atoms with Gasteiger partial charge in [0.2, 0.25) is 5.95 Å². The molecule has 3 heterocycles. The first-order valence-electron chi connectivity index (χ1n) is 8.03. The Bertz CT molecular complexity index is 654. The monoisotopic (exact) mass is 331 g/mol. The predicted octanol–water partition coefficient (Wildman–Crippen LogP) is 2.62. The van der Waals surface area contributed by atoms with Gasteiger partial charge < -0.3 is 9.80 Å². The molecule has 0 amide bonds. The maximum Gasteiger partial charge on any atom is 0.226 e. The van der Waals surface area contributed by atoms with Gasteiger partial charge in [-0.3, -0.25) is 4.90 Å². The van der Waals surface area contributed by atoms with E-state index in [-0.39, 0.29) is 0 Å². The van der Waals surface area contributed by atoms with Gasteiger partial charge in [-0.25, -0.2) is 4.98 Å². The SMILES string of the molecule is Cc1ccsc1CN1CCC(N(C)c2ccnc(N(C)C)n2)C1. The molecule has 1 aliphatic rings. The minimum absolute atomic E-state index is 0.514. The van der Waals surface area contributed by atoms with Crippen LogP contribution in [-0.4, -0.2) is 55.1 Å². The molecule has 1 aliphatic heterocycles. The van der Waals surface area contributed by atoms with Gasteiger partial charge in [0.25, 0.3) is 0 Å². The quantitative estimate of drug-likeness (QED) is 0.842. The normalized spacial score (nSPS) is 18.3. The van der Waals surface area contributed by atoms with Crippen LogP contribution in [0.15, 0.2) is 23.7 Å². The van der Waals surface area contributed by atoms with Crippen LogP contribution in [-0.2, 0) is 6.54 Å². The van der Waals surface area contributed by atoms with Crippen LogP contribution in [0.4, 0.5) is 11.8 Å². The van der Waals surface area contributed by atoms with Crippen molar-refractivity contribution in [3.05, 3.63) is 34.2 Å². The van der Waals surface area contributed by atoms with Crippen molar-refractivity contribution in [3.63, 3.8) is 0 Å². The Kier molecular flexibility index (Phi) is 4.82. The molecule has 0 aliphatic carbocycles. The zero-order chi connectivity index (χ0) is 16.4. The minimum atomic E-state index is 0.514. The van der Waals surface area contributed by atoms with Gasteiger partial charge in [0.15, 0.2) is 0 Å². The van der Waals surface area contributed by atoms with E-state index in [1.165, 1.54) is 16.9 Å². The molecule has 3 rings (SSSR count). The molecule has 0 N–H and O–H groups in total. The summed E-state index contributed by atoms with van der Waals surface area (Å²) in [6.45, 7) is 5.52. The summed E-state index contributed by atoms with van der Waals surface area (Å²) in [7, 11) is 6.09. The number of aryl methyl sites for hydroxylation is 1. The summed E-state index contributed by atoms with van der Waals surface area (Å²) in [6.07, 6.45) is 3.03. The second-order valence-electron chi connectivity index (χ2n) is 6.42. The number of nitrogens with zero attached hydrogens (tertiary/aromatic N) is 5. The van der Waals surface area contributed by atoms with Crippen molar-refractivity contribution in [3.8, 4) is 0 Å². The van der Waals surface area contributed by atoms with E-state index in [1.807, 2.05) is 42.6 Å². The van der Waals surface area contributed by atoms with Crippen LogP contribution in [0.5, 0.6) is 0 Å². The van der Waals surface area contributed by atoms with Crippen LogP contribution in [0.3, 0.4) is 0 Å². The number of hydrogen-bond donors (Lipinski definition) is 0. The van der Waals surface area contributed by atoms with E-state index in [2.05, 4.69) is 45.2 Å². The topological polar surface area (TPSA) is 35.5 Å². The molecule has 23 heavy (non-hydrogen) atoms. The number of thiophene rings is 1. The third-order valence-electron chi connectivity index (χ3n) is 4.52. The molecule has 6 heteroatoms. The highest BCUT2D eigenvalue weighted by Gasteiger charge is 2.27. The van der Waals surface area contributed by atoms with Crippen molar-refractivity contribution in [1.29, 1.82) is 0 Å². The Morgan fingerprint density at radius 3 is 2.83 bits per heavy atom. The molecular formula is C17H25N5S. The van der Waals surface area contributed by atoms with E-state index in [4.69, 9.17) is 0 Å². The van der Waals surface area contributed by atoms with Gasteiger partial charge in [0, 0.05) is 57.9 Å². The van der Waals surface area contributed by atoms with Crippen molar-refractivity contribution in [1.82, 2.24) is 14.9 Å². The lowest BCUT2D eigenvalue weighted by Crippen LogP contribution is -2.35. The molecule has 5 nitrogen and oxygen atoms in total. The number of likely N-dealkylation sites (tertiary alicyclic amines) is 1. The Morgan fingerprint density at radius 1 is 1.30 bits per heavy atom. The van der Waals surface area contributed by atoms with Crippen LogP contribution in [0, 0.1) is 6.92 Å². The van der Waals surface area contributed by atoms with Gasteiger partial charge in [-0.1, -0.05) is 0 Å². The molecule has 2 aromatic rings. The van der Waals surface area contributed by atoms with Crippen molar-refractivity contribution in [2.24, 2.45) is 0 Å². The minimum Gasteiger partial charge on any atom is -0.355 e. The maximum atomic E-state index is 4.66. The zero-order valence-corrected chi connectivity index (χ0v) is 15.2. The summed E-state index contributed by atoms with van der Waals surface area (Å²) in [5, 5.41) is 2.19. The van der Waals surface area contributed by atoms with Crippen LogP contribution >= 0.6 is 11.3 Å². The predicted molar refractivity (Wildman–Crippen MR) is 97.5 cm³/mol. The summed E-state index contributed by atoms with van der Waals surface area (Å²) in [6, 6.07) is 4.72. The lowest BCUT2D eigenvalue weighted by atomic mass is 10.2. The van der Waals surface area contributed by atoms with E-state index in [0.29, 0.717) is 6.04 Å². The molecule has 1 atom stereocenters. The first-order chi connectivity index (χ1) is 11.0. The van der Waals surface area contributed by atoms with Gasteiger partial charge in [-0.15, -0.1) is 11.3 Å². The fourth-order valence-corrected chi connectivity index (χ4v) is 3.93. The molecule has 0 aromatic carbocycles. The lowest BCUT2D eigenvalue weighted by Gasteiger charge is -2.26. The van der Waals surface area contributed by atoms with Crippen molar-refractivity contribution >= 4 is 23.1 Å². The van der Waals surface area contributed by atoms with Gasteiger partial charge in [0.05, 0.1) is 0 Å². The summed E-state index contributed by atoms with van der Waals surface area (Å²) in [4.78, 5) is 17.2.